The van der Waals surface area contributed by atoms with E-state index in [1.807, 2.05) is 13.1 Å². The summed E-state index contributed by atoms with van der Waals surface area (Å²) >= 11 is 0. The third-order valence-corrected chi connectivity index (χ3v) is 3.81. The van der Waals surface area contributed by atoms with E-state index in [0.29, 0.717) is 5.56 Å². The molecule has 0 aliphatic rings. The van der Waals surface area contributed by atoms with Gasteiger partial charge in [0.1, 0.15) is 0 Å². The topological polar surface area (TPSA) is 63.4 Å². The highest BCUT2D eigenvalue weighted by Crippen LogP contribution is 2.08. The molecule has 0 bridgehead atoms. The lowest BCUT2D eigenvalue weighted by molar-refractivity contribution is -0.124. The Labute approximate surface area is 139 Å². The fourth-order valence-electron chi connectivity index (χ4n) is 2.33. The van der Waals surface area contributed by atoms with Crippen molar-refractivity contribution in [1.29, 1.82) is 0 Å². The molecule has 0 aliphatic carbocycles. The molecule has 126 valence electrons. The first-order valence-electron chi connectivity index (χ1n) is 8.37. The molecule has 23 heavy (non-hydrogen) atoms. The van der Waals surface area contributed by atoms with Gasteiger partial charge >= 0.3 is 0 Å². The van der Waals surface area contributed by atoms with Crippen LogP contribution in [0.5, 0.6) is 0 Å². The highest BCUT2D eigenvalue weighted by Gasteiger charge is 2.04. The summed E-state index contributed by atoms with van der Waals surface area (Å²) in [6, 6.07) is 6.93. The van der Waals surface area contributed by atoms with Gasteiger partial charge in [0.15, 0.2) is 0 Å². The number of carbonyl (C=O) groups is 2. The van der Waals surface area contributed by atoms with Crippen molar-refractivity contribution in [1.82, 2.24) is 4.90 Å². The van der Waals surface area contributed by atoms with Gasteiger partial charge in [0.2, 0.25) is 11.8 Å². The lowest BCUT2D eigenvalue weighted by atomic mass is 10.1. The van der Waals surface area contributed by atoms with Gasteiger partial charge in [-0.25, -0.2) is 0 Å². The first kappa shape index (κ1) is 18.9. The van der Waals surface area contributed by atoms with E-state index < -0.39 is 5.91 Å². The van der Waals surface area contributed by atoms with Crippen molar-refractivity contribution in [2.75, 3.05) is 13.6 Å². The van der Waals surface area contributed by atoms with Gasteiger partial charge in [-0.1, -0.05) is 51.2 Å². The van der Waals surface area contributed by atoms with E-state index in [2.05, 4.69) is 6.92 Å². The molecule has 0 heterocycles. The monoisotopic (exact) mass is 316 g/mol. The highest BCUT2D eigenvalue weighted by atomic mass is 16.2. The fourth-order valence-corrected chi connectivity index (χ4v) is 2.33. The molecule has 0 radical (unpaired) electrons. The molecule has 1 rings (SSSR count). The van der Waals surface area contributed by atoms with Gasteiger partial charge < -0.3 is 10.6 Å². The fraction of sp³-hybridized carbons (Fsp3) is 0.474. The summed E-state index contributed by atoms with van der Waals surface area (Å²) < 4.78 is 0. The molecule has 4 nitrogen and oxygen atoms in total. The van der Waals surface area contributed by atoms with Crippen molar-refractivity contribution in [3.05, 3.63) is 41.5 Å². The molecule has 2 N–H and O–H groups in total. The second-order valence-corrected chi connectivity index (χ2v) is 5.85. The predicted molar refractivity (Wildman–Crippen MR) is 95.0 cm³/mol. The average Bonchev–Trinajstić information content (AvgIpc) is 2.55. The summed E-state index contributed by atoms with van der Waals surface area (Å²) in [6.45, 7) is 2.98. The number of rotatable bonds is 10. The van der Waals surface area contributed by atoms with Crippen molar-refractivity contribution >= 4 is 17.9 Å². The molecular formula is C19H28N2O2. The first-order chi connectivity index (χ1) is 11.0. The summed E-state index contributed by atoms with van der Waals surface area (Å²) in [6.07, 6.45) is 10.5. The van der Waals surface area contributed by atoms with Crippen LogP contribution in [0.4, 0.5) is 0 Å². The van der Waals surface area contributed by atoms with Gasteiger partial charge in [-0.15, -0.1) is 0 Å². The molecular weight excluding hydrogens is 288 g/mol. The van der Waals surface area contributed by atoms with Crippen LogP contribution in [0.2, 0.25) is 0 Å². The molecule has 0 aliphatic heterocycles. The van der Waals surface area contributed by atoms with Crippen LogP contribution in [0.1, 0.15) is 61.4 Å². The minimum absolute atomic E-state index is 0.0250. The number of hydrogen-bond acceptors (Lipinski definition) is 2. The van der Waals surface area contributed by atoms with Crippen molar-refractivity contribution in [3.8, 4) is 0 Å². The Morgan fingerprint density at radius 1 is 1.13 bits per heavy atom. The minimum Gasteiger partial charge on any atom is -0.366 e. The molecule has 2 amide bonds. The largest absolute Gasteiger partial charge is 0.366 e. The van der Waals surface area contributed by atoms with Crippen molar-refractivity contribution < 1.29 is 9.59 Å². The molecule has 0 spiro atoms. The van der Waals surface area contributed by atoms with E-state index in [1.165, 1.54) is 38.2 Å². The van der Waals surface area contributed by atoms with Crippen molar-refractivity contribution in [3.63, 3.8) is 0 Å². The summed E-state index contributed by atoms with van der Waals surface area (Å²) in [7, 11) is 1.82. The van der Waals surface area contributed by atoms with Crippen LogP contribution in [0.3, 0.4) is 0 Å². The number of carbonyl (C=O) groups excluding carboxylic acids is 2. The van der Waals surface area contributed by atoms with Crippen LogP contribution in [-0.4, -0.2) is 30.3 Å². The number of amides is 2. The lowest BCUT2D eigenvalue weighted by Crippen LogP contribution is -2.25. The lowest BCUT2D eigenvalue weighted by Gasteiger charge is -2.14. The number of benzene rings is 1. The van der Waals surface area contributed by atoms with E-state index in [1.54, 1.807) is 29.2 Å². The van der Waals surface area contributed by atoms with Crippen LogP contribution in [0.15, 0.2) is 30.3 Å². The third kappa shape index (κ3) is 7.63. The smallest absolute Gasteiger partial charge is 0.248 e. The normalized spacial score (nSPS) is 10.9. The molecule has 1 aromatic carbocycles. The summed E-state index contributed by atoms with van der Waals surface area (Å²) in [5.41, 5.74) is 6.49. The van der Waals surface area contributed by atoms with Crippen LogP contribution < -0.4 is 5.73 Å². The Balaban J connectivity index is 2.39. The Morgan fingerprint density at radius 3 is 2.52 bits per heavy atom. The van der Waals surface area contributed by atoms with E-state index >= 15 is 0 Å². The quantitative estimate of drug-likeness (QED) is 0.529. The van der Waals surface area contributed by atoms with Crippen LogP contribution in [0, 0.1) is 0 Å². The number of nitrogens with zero attached hydrogens (tertiary/aromatic N) is 1. The average molecular weight is 316 g/mol. The van der Waals surface area contributed by atoms with Gasteiger partial charge in [0.05, 0.1) is 0 Å². The maximum absolute atomic E-state index is 12.0. The summed E-state index contributed by atoms with van der Waals surface area (Å²) in [4.78, 5) is 24.9. The van der Waals surface area contributed by atoms with Crippen LogP contribution in [0.25, 0.3) is 6.08 Å². The standard InChI is InChI=1S/C19H28N2O2/c1-3-4-5-6-7-8-14-21(2)18(22)13-12-16-10-9-11-17(15-16)19(20)23/h9-13,15H,3-8,14H2,1-2H3,(H2,20,23)/b13-12+. The number of likely N-dealkylation sites (N-methyl/N-ethyl adjacent to an activating group) is 1. The summed E-state index contributed by atoms with van der Waals surface area (Å²) in [5.74, 6) is -0.491. The van der Waals surface area contributed by atoms with E-state index in [9.17, 15) is 9.59 Å². The Hall–Kier alpha value is -2.10. The molecule has 0 saturated heterocycles. The summed E-state index contributed by atoms with van der Waals surface area (Å²) in [5, 5.41) is 0. The van der Waals surface area contributed by atoms with E-state index in [4.69, 9.17) is 5.73 Å². The molecule has 0 aromatic heterocycles. The number of primary amides is 1. The second kappa shape index (κ2) is 10.6. The van der Waals surface area contributed by atoms with E-state index in [-0.39, 0.29) is 5.91 Å². The SMILES string of the molecule is CCCCCCCCN(C)C(=O)/C=C/c1cccc(C(N)=O)c1. The third-order valence-electron chi connectivity index (χ3n) is 3.81. The molecule has 0 saturated carbocycles. The van der Waals surface area contributed by atoms with Crippen LogP contribution in [-0.2, 0) is 4.79 Å². The highest BCUT2D eigenvalue weighted by molar-refractivity contribution is 5.94. The number of hydrogen-bond donors (Lipinski definition) is 1. The second-order valence-electron chi connectivity index (χ2n) is 5.85. The maximum Gasteiger partial charge on any atom is 0.248 e. The minimum atomic E-state index is -0.466. The zero-order valence-electron chi connectivity index (χ0n) is 14.3. The zero-order valence-corrected chi connectivity index (χ0v) is 14.3. The van der Waals surface area contributed by atoms with Gasteiger partial charge in [0.25, 0.3) is 0 Å². The van der Waals surface area contributed by atoms with Crippen molar-refractivity contribution in [2.24, 2.45) is 5.73 Å². The maximum atomic E-state index is 12.0. The van der Waals surface area contributed by atoms with E-state index in [0.717, 1.165) is 18.5 Å². The van der Waals surface area contributed by atoms with Gasteiger partial charge in [-0.2, -0.15) is 0 Å². The molecule has 1 aromatic rings. The van der Waals surface area contributed by atoms with Gasteiger partial charge in [-0.05, 0) is 30.2 Å². The number of nitrogens with two attached hydrogens (primary N) is 1. The Bertz CT molecular complexity index is 538. The zero-order chi connectivity index (χ0) is 17.1. The van der Waals surface area contributed by atoms with Gasteiger partial charge in [-0.3, -0.25) is 9.59 Å². The number of unbranched alkanes of at least 4 members (excludes halogenated alkanes) is 5. The van der Waals surface area contributed by atoms with Gasteiger partial charge in [0, 0.05) is 25.2 Å². The van der Waals surface area contributed by atoms with Crippen molar-refractivity contribution in [2.45, 2.75) is 45.4 Å². The Morgan fingerprint density at radius 2 is 1.83 bits per heavy atom. The molecule has 0 fully saturated rings. The first-order valence-corrected chi connectivity index (χ1v) is 8.37. The molecule has 0 unspecified atom stereocenters. The molecule has 0 atom stereocenters. The predicted octanol–water partition coefficient (Wildman–Crippen LogP) is 3.62. The van der Waals surface area contributed by atoms with Crippen LogP contribution >= 0.6 is 0 Å². The molecule has 4 heteroatoms. The Kier molecular flexibility index (Phi) is 8.73.